The molecule has 3 aromatic rings. The molecule has 0 unspecified atom stereocenters. The van der Waals surface area contributed by atoms with Crippen molar-refractivity contribution in [1.82, 2.24) is 15.4 Å². The van der Waals surface area contributed by atoms with Gasteiger partial charge >= 0.3 is 0 Å². The average Bonchev–Trinajstić information content (AvgIpc) is 3.36. The fourth-order valence-corrected chi connectivity index (χ4v) is 3.22. The van der Waals surface area contributed by atoms with E-state index in [-0.39, 0.29) is 18.4 Å². The highest BCUT2D eigenvalue weighted by Crippen LogP contribution is 2.29. The highest BCUT2D eigenvalue weighted by molar-refractivity contribution is 6.02. The van der Waals surface area contributed by atoms with Gasteiger partial charge in [-0.1, -0.05) is 35.5 Å². The lowest BCUT2D eigenvalue weighted by molar-refractivity contribution is -0.129. The lowest BCUT2D eigenvalue weighted by Crippen LogP contribution is -2.38. The predicted octanol–water partition coefficient (Wildman–Crippen LogP) is 2.85. The third kappa shape index (κ3) is 3.18. The number of hydrogen-bond donors (Lipinski definition) is 1. The van der Waals surface area contributed by atoms with Crippen LogP contribution in [0.15, 0.2) is 53.1 Å². The van der Waals surface area contributed by atoms with Crippen LogP contribution in [0.1, 0.15) is 23.2 Å². The van der Waals surface area contributed by atoms with E-state index >= 15 is 0 Å². The smallest absolute Gasteiger partial charge is 0.251 e. The van der Waals surface area contributed by atoms with Gasteiger partial charge in [-0.3, -0.25) is 9.59 Å². The van der Waals surface area contributed by atoms with Crippen molar-refractivity contribution in [3.05, 3.63) is 54.1 Å². The average molecular weight is 349 g/mol. The summed E-state index contributed by atoms with van der Waals surface area (Å²) in [4.78, 5) is 26.3. The minimum atomic E-state index is -0.278. The first-order valence-electron chi connectivity index (χ1n) is 8.73. The molecule has 1 saturated heterocycles. The molecule has 1 N–H and O–H groups in total. The van der Waals surface area contributed by atoms with E-state index in [1.165, 1.54) is 0 Å². The lowest BCUT2D eigenvalue weighted by atomic mass is 10.1. The molecule has 26 heavy (non-hydrogen) atoms. The second-order valence-corrected chi connectivity index (χ2v) is 6.38. The molecule has 4 rings (SSSR count). The fraction of sp³-hybridized carbons (Fsp3) is 0.250. The van der Waals surface area contributed by atoms with Gasteiger partial charge in [-0.25, -0.2) is 0 Å². The zero-order chi connectivity index (χ0) is 17.9. The van der Waals surface area contributed by atoms with Gasteiger partial charge in [0.1, 0.15) is 5.52 Å². The molecule has 0 aliphatic carbocycles. The van der Waals surface area contributed by atoms with Gasteiger partial charge in [-0.05, 0) is 31.0 Å². The van der Waals surface area contributed by atoms with Crippen LogP contribution in [0.2, 0.25) is 0 Å². The van der Waals surface area contributed by atoms with Gasteiger partial charge < -0.3 is 14.7 Å². The first-order chi connectivity index (χ1) is 12.7. The van der Waals surface area contributed by atoms with Crippen LogP contribution in [0.3, 0.4) is 0 Å². The van der Waals surface area contributed by atoms with Gasteiger partial charge in [0.05, 0.1) is 11.9 Å². The standard InChI is InChI=1S/C20H19N3O3/c24-18(23-10-4-5-11-23)13-21-20(25)15-8-9-17-16(12-15)19(26-22-17)14-6-2-1-3-7-14/h1-3,6-9,12H,4-5,10-11,13H2,(H,21,25). The molecular weight excluding hydrogens is 330 g/mol. The summed E-state index contributed by atoms with van der Waals surface area (Å²) in [6, 6.07) is 14.8. The summed E-state index contributed by atoms with van der Waals surface area (Å²) in [7, 11) is 0. The number of nitrogens with one attached hydrogen (secondary N) is 1. The van der Waals surface area contributed by atoms with Crippen molar-refractivity contribution in [3.8, 4) is 11.3 Å². The van der Waals surface area contributed by atoms with Crippen molar-refractivity contribution in [1.29, 1.82) is 0 Å². The molecule has 1 aliphatic heterocycles. The number of nitrogens with zero attached hydrogens (tertiary/aromatic N) is 2. The topological polar surface area (TPSA) is 75.4 Å². The van der Waals surface area contributed by atoms with Crippen LogP contribution in [0.5, 0.6) is 0 Å². The number of hydrogen-bond acceptors (Lipinski definition) is 4. The Morgan fingerprint density at radius 1 is 1.08 bits per heavy atom. The Labute approximate surface area is 150 Å². The van der Waals surface area contributed by atoms with Crippen LogP contribution in [0, 0.1) is 0 Å². The Bertz CT molecular complexity index is 943. The Balaban J connectivity index is 1.53. The number of fused-ring (bicyclic) bond motifs is 1. The Hall–Kier alpha value is -3.15. The fourth-order valence-electron chi connectivity index (χ4n) is 3.22. The van der Waals surface area contributed by atoms with Gasteiger partial charge in [-0.2, -0.15) is 0 Å². The Kier molecular flexibility index (Phi) is 4.39. The number of carbonyl (C=O) groups excluding carboxylic acids is 2. The maximum atomic E-state index is 12.4. The number of aromatic nitrogens is 1. The zero-order valence-corrected chi connectivity index (χ0v) is 14.3. The summed E-state index contributed by atoms with van der Waals surface area (Å²) in [6.07, 6.45) is 2.07. The van der Waals surface area contributed by atoms with E-state index in [1.807, 2.05) is 30.3 Å². The predicted molar refractivity (Wildman–Crippen MR) is 97.6 cm³/mol. The molecule has 0 spiro atoms. The normalized spacial score (nSPS) is 13.9. The van der Waals surface area contributed by atoms with Gasteiger partial charge in [0.15, 0.2) is 5.76 Å². The van der Waals surface area contributed by atoms with Gasteiger partial charge in [0.2, 0.25) is 5.91 Å². The molecule has 2 aromatic carbocycles. The zero-order valence-electron chi connectivity index (χ0n) is 14.3. The molecule has 6 nitrogen and oxygen atoms in total. The summed E-state index contributed by atoms with van der Waals surface area (Å²) in [5.74, 6) is 0.315. The van der Waals surface area contributed by atoms with Crippen molar-refractivity contribution >= 4 is 22.7 Å². The van der Waals surface area contributed by atoms with Crippen molar-refractivity contribution in [2.24, 2.45) is 0 Å². The molecule has 0 radical (unpaired) electrons. The second-order valence-electron chi connectivity index (χ2n) is 6.38. The van der Waals surface area contributed by atoms with Crippen LogP contribution in [0.25, 0.3) is 22.2 Å². The Morgan fingerprint density at radius 3 is 2.62 bits per heavy atom. The summed E-state index contributed by atoms with van der Waals surface area (Å²) in [6.45, 7) is 1.58. The molecule has 6 heteroatoms. The summed E-state index contributed by atoms with van der Waals surface area (Å²) >= 11 is 0. The highest BCUT2D eigenvalue weighted by Gasteiger charge is 2.19. The molecule has 1 aliphatic rings. The summed E-state index contributed by atoms with van der Waals surface area (Å²) < 4.78 is 5.46. The van der Waals surface area contributed by atoms with Crippen LogP contribution in [0.4, 0.5) is 0 Å². The number of carbonyl (C=O) groups is 2. The van der Waals surface area contributed by atoms with Crippen molar-refractivity contribution < 1.29 is 14.1 Å². The van der Waals surface area contributed by atoms with Crippen molar-refractivity contribution in [2.45, 2.75) is 12.8 Å². The third-order valence-corrected chi connectivity index (χ3v) is 4.63. The van der Waals surface area contributed by atoms with Crippen molar-refractivity contribution in [2.75, 3.05) is 19.6 Å². The Morgan fingerprint density at radius 2 is 1.85 bits per heavy atom. The maximum absolute atomic E-state index is 12.4. The molecule has 2 heterocycles. The minimum Gasteiger partial charge on any atom is -0.355 e. The summed E-state index contributed by atoms with van der Waals surface area (Å²) in [5, 5.41) is 7.54. The molecular formula is C20H19N3O3. The molecule has 1 aromatic heterocycles. The molecule has 132 valence electrons. The van der Waals surface area contributed by atoms with E-state index in [1.54, 1.807) is 23.1 Å². The lowest BCUT2D eigenvalue weighted by Gasteiger charge is -2.15. The van der Waals surface area contributed by atoms with Gasteiger partial charge in [0.25, 0.3) is 5.91 Å². The van der Waals surface area contributed by atoms with Crippen LogP contribution >= 0.6 is 0 Å². The second kappa shape index (κ2) is 7.00. The highest BCUT2D eigenvalue weighted by atomic mass is 16.5. The first kappa shape index (κ1) is 16.3. The van der Waals surface area contributed by atoms with Crippen LogP contribution in [-0.4, -0.2) is 41.5 Å². The minimum absolute atomic E-state index is 0.0199. The van der Waals surface area contributed by atoms with E-state index in [0.29, 0.717) is 16.8 Å². The van der Waals surface area contributed by atoms with E-state index in [2.05, 4.69) is 10.5 Å². The molecule has 2 amide bonds. The quantitative estimate of drug-likeness (QED) is 0.786. The van der Waals surface area contributed by atoms with Crippen LogP contribution < -0.4 is 5.32 Å². The van der Waals surface area contributed by atoms with E-state index in [9.17, 15) is 9.59 Å². The van der Waals surface area contributed by atoms with Crippen LogP contribution in [-0.2, 0) is 4.79 Å². The maximum Gasteiger partial charge on any atom is 0.251 e. The number of likely N-dealkylation sites (tertiary alicyclic amines) is 1. The third-order valence-electron chi connectivity index (χ3n) is 4.63. The SMILES string of the molecule is O=C(NCC(=O)N1CCCC1)c1ccc2noc(-c3ccccc3)c2c1. The number of amides is 2. The largest absolute Gasteiger partial charge is 0.355 e. The molecule has 0 bridgehead atoms. The molecule has 0 saturated carbocycles. The van der Waals surface area contributed by atoms with E-state index in [0.717, 1.165) is 36.9 Å². The van der Waals surface area contributed by atoms with Crippen molar-refractivity contribution in [3.63, 3.8) is 0 Å². The number of benzene rings is 2. The monoisotopic (exact) mass is 349 g/mol. The van der Waals surface area contributed by atoms with Gasteiger partial charge in [-0.15, -0.1) is 0 Å². The van der Waals surface area contributed by atoms with E-state index < -0.39 is 0 Å². The first-order valence-corrected chi connectivity index (χ1v) is 8.73. The molecule has 0 atom stereocenters. The van der Waals surface area contributed by atoms with Gasteiger partial charge in [0, 0.05) is 24.2 Å². The molecule has 1 fully saturated rings. The van der Waals surface area contributed by atoms with E-state index in [4.69, 9.17) is 4.52 Å². The number of rotatable bonds is 4. The summed E-state index contributed by atoms with van der Waals surface area (Å²) in [5.41, 5.74) is 2.07.